The molecule has 1 aromatic rings. The summed E-state index contributed by atoms with van der Waals surface area (Å²) in [5, 5.41) is 30.6. The monoisotopic (exact) mass is 392 g/mol. The van der Waals surface area contributed by atoms with Crippen LogP contribution in [0, 0.1) is 43.4 Å². The summed E-state index contributed by atoms with van der Waals surface area (Å²) in [6, 6.07) is 5.18. The largest absolute Gasteiger partial charge is 0.508 e. The Morgan fingerprint density at radius 3 is 2.57 bits per heavy atom. The highest BCUT2D eigenvalue weighted by Gasteiger charge is 2.61. The van der Waals surface area contributed by atoms with Gasteiger partial charge in [-0.2, -0.15) is 0 Å². The van der Waals surface area contributed by atoms with Crippen LogP contribution in [0.15, 0.2) is 18.2 Å². The maximum absolute atomic E-state index is 11.2. The molecule has 0 unspecified atom stereocenters. The molecule has 0 heterocycles. The SMILES string of the molecule is C[C@@H]1Cc2cc(O)ccc2[C@@H]2[C@@H]1[C@@H]1CC[C@H](O[N+](=O)[O-])[C@@]1(C)C[C@@H]2O[N+](=O)[O-]. The first-order chi connectivity index (χ1) is 13.2. The van der Waals surface area contributed by atoms with E-state index in [0.29, 0.717) is 12.8 Å². The maximum atomic E-state index is 11.2. The second kappa shape index (κ2) is 6.49. The van der Waals surface area contributed by atoms with Crippen LogP contribution in [0.5, 0.6) is 5.75 Å². The topological polar surface area (TPSA) is 125 Å². The van der Waals surface area contributed by atoms with Gasteiger partial charge in [-0.05, 0) is 72.1 Å². The highest BCUT2D eigenvalue weighted by molar-refractivity contribution is 5.41. The molecule has 152 valence electrons. The summed E-state index contributed by atoms with van der Waals surface area (Å²) in [6.45, 7) is 4.06. The van der Waals surface area contributed by atoms with Gasteiger partial charge in [0.15, 0.2) is 0 Å². The zero-order valence-corrected chi connectivity index (χ0v) is 15.8. The van der Waals surface area contributed by atoms with Gasteiger partial charge >= 0.3 is 0 Å². The number of aromatic hydroxyl groups is 1. The maximum Gasteiger partial charge on any atom is 0.294 e. The Hall–Kier alpha value is -2.58. The molecule has 0 bridgehead atoms. The van der Waals surface area contributed by atoms with Crippen LogP contribution in [0.2, 0.25) is 0 Å². The van der Waals surface area contributed by atoms with E-state index in [0.717, 1.165) is 24.0 Å². The minimum atomic E-state index is -0.761. The first-order valence-electron chi connectivity index (χ1n) is 9.65. The van der Waals surface area contributed by atoms with E-state index < -0.39 is 27.8 Å². The van der Waals surface area contributed by atoms with Crippen molar-refractivity contribution in [2.24, 2.45) is 23.2 Å². The van der Waals surface area contributed by atoms with Gasteiger partial charge < -0.3 is 14.8 Å². The van der Waals surface area contributed by atoms with Crippen LogP contribution < -0.4 is 0 Å². The van der Waals surface area contributed by atoms with Crippen molar-refractivity contribution in [3.05, 3.63) is 49.6 Å². The summed E-state index contributed by atoms with van der Waals surface area (Å²) >= 11 is 0. The normalized spacial score (nSPS) is 38.6. The van der Waals surface area contributed by atoms with Gasteiger partial charge in [-0.1, -0.05) is 19.9 Å². The molecule has 0 aromatic heterocycles. The van der Waals surface area contributed by atoms with Gasteiger partial charge in [-0.25, -0.2) is 0 Å². The Labute approximate surface area is 161 Å². The van der Waals surface area contributed by atoms with Crippen molar-refractivity contribution in [1.29, 1.82) is 0 Å². The number of nitrogens with zero attached hydrogens (tertiary/aromatic N) is 2. The number of benzene rings is 1. The lowest BCUT2D eigenvalue weighted by Crippen LogP contribution is -2.53. The molecule has 0 aliphatic heterocycles. The average Bonchev–Trinajstić information content (AvgIpc) is 2.89. The highest BCUT2D eigenvalue weighted by Crippen LogP contribution is 2.63. The second-order valence-corrected chi connectivity index (χ2v) is 8.75. The van der Waals surface area contributed by atoms with Crippen LogP contribution in [0.3, 0.4) is 0 Å². The molecule has 1 aromatic carbocycles. The van der Waals surface area contributed by atoms with Gasteiger partial charge in [-0.3, -0.25) is 0 Å². The van der Waals surface area contributed by atoms with Crippen LogP contribution in [0.4, 0.5) is 0 Å². The van der Waals surface area contributed by atoms with Gasteiger partial charge in [0.1, 0.15) is 18.0 Å². The Kier molecular flexibility index (Phi) is 4.35. The molecular weight excluding hydrogens is 368 g/mol. The van der Waals surface area contributed by atoms with Crippen molar-refractivity contribution in [3.63, 3.8) is 0 Å². The Morgan fingerprint density at radius 1 is 1.18 bits per heavy atom. The second-order valence-electron chi connectivity index (χ2n) is 8.75. The summed E-state index contributed by atoms with van der Waals surface area (Å²) < 4.78 is 0. The summed E-state index contributed by atoms with van der Waals surface area (Å²) in [6.07, 6.45) is 1.14. The van der Waals surface area contributed by atoms with Crippen molar-refractivity contribution < 1.29 is 25.0 Å². The lowest BCUT2D eigenvalue weighted by atomic mass is 9.52. The van der Waals surface area contributed by atoms with E-state index >= 15 is 0 Å². The first kappa shape index (κ1) is 18.8. The summed E-state index contributed by atoms with van der Waals surface area (Å²) in [5.41, 5.74) is 1.41. The van der Waals surface area contributed by atoms with Crippen molar-refractivity contribution in [3.8, 4) is 5.75 Å². The van der Waals surface area contributed by atoms with Crippen LogP contribution in [0.25, 0.3) is 0 Å². The fourth-order valence-corrected chi connectivity index (χ4v) is 6.43. The molecule has 0 spiro atoms. The highest BCUT2D eigenvalue weighted by atomic mass is 17.0. The van der Waals surface area contributed by atoms with E-state index in [1.165, 1.54) is 0 Å². The first-order valence-corrected chi connectivity index (χ1v) is 9.65. The van der Waals surface area contributed by atoms with Crippen molar-refractivity contribution in [2.45, 2.75) is 57.7 Å². The van der Waals surface area contributed by atoms with Crippen LogP contribution in [-0.4, -0.2) is 27.5 Å². The van der Waals surface area contributed by atoms with E-state index in [1.54, 1.807) is 12.1 Å². The van der Waals surface area contributed by atoms with E-state index in [-0.39, 0.29) is 29.4 Å². The van der Waals surface area contributed by atoms with Gasteiger partial charge in [0, 0.05) is 5.92 Å². The zero-order chi connectivity index (χ0) is 20.2. The summed E-state index contributed by atoms with van der Waals surface area (Å²) in [7, 11) is 0. The summed E-state index contributed by atoms with van der Waals surface area (Å²) in [4.78, 5) is 32.4. The number of hydrogen-bond donors (Lipinski definition) is 1. The molecule has 9 heteroatoms. The quantitative estimate of drug-likeness (QED) is 0.616. The lowest BCUT2D eigenvalue weighted by Gasteiger charge is -2.54. The number of phenolic OH excluding ortho intramolecular Hbond substituents is 1. The summed E-state index contributed by atoms with van der Waals surface area (Å²) in [5.74, 6) is 0.456. The Balaban J connectivity index is 1.78. The van der Waals surface area contributed by atoms with Crippen LogP contribution >= 0.6 is 0 Å². The van der Waals surface area contributed by atoms with Crippen LogP contribution in [0.1, 0.15) is 50.2 Å². The molecule has 3 aliphatic carbocycles. The minimum Gasteiger partial charge on any atom is -0.508 e. The minimum absolute atomic E-state index is 0.0982. The molecule has 2 fully saturated rings. The number of hydrogen-bond acceptors (Lipinski definition) is 7. The number of fused-ring (bicyclic) bond motifs is 5. The van der Waals surface area contributed by atoms with Gasteiger partial charge in [-0.15, -0.1) is 20.2 Å². The van der Waals surface area contributed by atoms with Crippen molar-refractivity contribution >= 4 is 0 Å². The fourth-order valence-electron chi connectivity index (χ4n) is 6.43. The average molecular weight is 392 g/mol. The molecule has 2 saturated carbocycles. The molecular formula is C19H24N2O7. The number of phenols is 1. The lowest BCUT2D eigenvalue weighted by molar-refractivity contribution is -0.777. The Morgan fingerprint density at radius 2 is 1.89 bits per heavy atom. The molecule has 7 atom stereocenters. The third-order valence-corrected chi connectivity index (χ3v) is 7.36. The third-order valence-electron chi connectivity index (χ3n) is 7.36. The smallest absolute Gasteiger partial charge is 0.294 e. The Bertz CT molecular complexity index is 815. The number of rotatable bonds is 4. The third kappa shape index (κ3) is 2.84. The molecule has 0 radical (unpaired) electrons. The van der Waals surface area contributed by atoms with E-state index in [9.17, 15) is 25.3 Å². The van der Waals surface area contributed by atoms with Crippen molar-refractivity contribution in [1.82, 2.24) is 0 Å². The van der Waals surface area contributed by atoms with Crippen molar-refractivity contribution in [2.75, 3.05) is 0 Å². The molecule has 9 nitrogen and oxygen atoms in total. The van der Waals surface area contributed by atoms with E-state index in [4.69, 9.17) is 9.68 Å². The predicted octanol–water partition coefficient (Wildman–Crippen LogP) is 3.26. The molecule has 28 heavy (non-hydrogen) atoms. The van der Waals surface area contributed by atoms with Gasteiger partial charge in [0.05, 0.1) is 0 Å². The van der Waals surface area contributed by atoms with Crippen LogP contribution in [-0.2, 0) is 16.1 Å². The van der Waals surface area contributed by atoms with E-state index in [1.807, 2.05) is 13.0 Å². The van der Waals surface area contributed by atoms with E-state index in [2.05, 4.69) is 6.92 Å². The molecule has 1 N–H and O–H groups in total. The van der Waals surface area contributed by atoms with Gasteiger partial charge in [0.2, 0.25) is 0 Å². The molecule has 0 amide bonds. The standard InChI is InChI=1S/C19H24N2O7/c1-10-7-11-8-12(22)3-4-13(11)18-15(27-20(23)24)9-19(2)14(17(10)18)5-6-16(19)28-21(25)26/h3-4,8,10,14-18,22H,5-7,9H2,1-2H3/t10-,14+,15+,16+,17+,18+,19+/m1/s1. The fraction of sp³-hybridized carbons (Fsp3) is 0.684. The molecule has 4 rings (SSSR count). The van der Waals surface area contributed by atoms with Gasteiger partial charge in [0.25, 0.3) is 10.2 Å². The zero-order valence-electron chi connectivity index (χ0n) is 15.8. The molecule has 3 aliphatic rings. The predicted molar refractivity (Wildman–Crippen MR) is 96.4 cm³/mol. The molecule has 0 saturated heterocycles.